The molecule has 0 saturated heterocycles. The van der Waals surface area contributed by atoms with Crippen molar-refractivity contribution in [1.29, 1.82) is 0 Å². The lowest BCUT2D eigenvalue weighted by atomic mass is 10.1. The Kier molecular flexibility index (Phi) is 3.58. The quantitative estimate of drug-likeness (QED) is 0.484. The molecule has 0 saturated carbocycles. The van der Waals surface area contributed by atoms with Crippen LogP contribution in [0.1, 0.15) is 5.69 Å². The summed E-state index contributed by atoms with van der Waals surface area (Å²) in [6.45, 7) is 1.22. The van der Waals surface area contributed by atoms with Crippen molar-refractivity contribution in [2.24, 2.45) is 0 Å². The second-order valence-electron chi connectivity index (χ2n) is 3.75. The SMILES string of the molecule is Cc1nc(-c2c(F)ccc([N+](=O)[O-])c2F)nc(Cl)c1F. The van der Waals surface area contributed by atoms with E-state index in [4.69, 9.17) is 11.6 Å². The van der Waals surface area contributed by atoms with Crippen LogP contribution in [0.5, 0.6) is 0 Å². The van der Waals surface area contributed by atoms with E-state index < -0.39 is 44.6 Å². The Morgan fingerprint density at radius 3 is 2.40 bits per heavy atom. The molecule has 0 atom stereocenters. The second-order valence-corrected chi connectivity index (χ2v) is 4.11. The molecule has 0 N–H and O–H groups in total. The van der Waals surface area contributed by atoms with Crippen LogP contribution in [-0.4, -0.2) is 14.9 Å². The van der Waals surface area contributed by atoms with Gasteiger partial charge in [0.1, 0.15) is 5.82 Å². The van der Waals surface area contributed by atoms with Gasteiger partial charge >= 0.3 is 5.69 Å². The summed E-state index contributed by atoms with van der Waals surface area (Å²) in [5.41, 5.74) is -2.00. The first-order valence-corrected chi connectivity index (χ1v) is 5.53. The molecule has 0 aliphatic rings. The standard InChI is InChI=1S/C11H5ClF3N3O2/c1-4-8(14)10(12)17-11(16-4)7-5(13)2-3-6(9(7)15)18(19)20/h2-3H,1H3. The van der Waals surface area contributed by atoms with E-state index in [0.29, 0.717) is 12.1 Å². The molecule has 1 heterocycles. The van der Waals surface area contributed by atoms with Gasteiger partial charge in [-0.05, 0) is 13.0 Å². The topological polar surface area (TPSA) is 68.9 Å². The van der Waals surface area contributed by atoms with Crippen LogP contribution in [0.2, 0.25) is 5.15 Å². The molecule has 0 unspecified atom stereocenters. The van der Waals surface area contributed by atoms with Gasteiger partial charge in [-0.2, -0.15) is 4.39 Å². The maximum absolute atomic E-state index is 13.9. The minimum atomic E-state index is -1.45. The fraction of sp³-hybridized carbons (Fsp3) is 0.0909. The lowest BCUT2D eigenvalue weighted by molar-refractivity contribution is -0.387. The zero-order valence-electron chi connectivity index (χ0n) is 9.82. The highest BCUT2D eigenvalue weighted by Crippen LogP contribution is 2.31. The van der Waals surface area contributed by atoms with E-state index in [9.17, 15) is 23.3 Å². The van der Waals surface area contributed by atoms with Gasteiger partial charge in [0.25, 0.3) is 0 Å². The summed E-state index contributed by atoms with van der Waals surface area (Å²) in [5, 5.41) is 9.99. The van der Waals surface area contributed by atoms with E-state index in [-0.39, 0.29) is 5.69 Å². The predicted molar refractivity (Wildman–Crippen MR) is 63.7 cm³/mol. The molecule has 1 aromatic carbocycles. The molecule has 0 aliphatic heterocycles. The first-order chi connectivity index (χ1) is 9.32. The number of aryl methyl sites for hydroxylation is 1. The molecule has 2 rings (SSSR count). The van der Waals surface area contributed by atoms with Crippen molar-refractivity contribution < 1.29 is 18.1 Å². The average Bonchev–Trinajstić information content (AvgIpc) is 2.35. The molecule has 1 aromatic heterocycles. The van der Waals surface area contributed by atoms with Crippen molar-refractivity contribution in [3.05, 3.63) is 50.5 Å². The molecule has 104 valence electrons. The van der Waals surface area contributed by atoms with E-state index in [2.05, 4.69) is 9.97 Å². The maximum Gasteiger partial charge on any atom is 0.305 e. The van der Waals surface area contributed by atoms with E-state index in [0.717, 1.165) is 0 Å². The third-order valence-electron chi connectivity index (χ3n) is 2.47. The van der Waals surface area contributed by atoms with Crippen LogP contribution < -0.4 is 0 Å². The number of nitro benzene ring substituents is 1. The largest absolute Gasteiger partial charge is 0.305 e. The molecule has 0 amide bonds. The van der Waals surface area contributed by atoms with Crippen molar-refractivity contribution in [2.75, 3.05) is 0 Å². The summed E-state index contributed by atoms with van der Waals surface area (Å²) in [6, 6.07) is 1.37. The number of benzene rings is 1. The molecule has 0 bridgehead atoms. The summed E-state index contributed by atoms with van der Waals surface area (Å²) < 4.78 is 40.9. The van der Waals surface area contributed by atoms with Gasteiger partial charge in [0.15, 0.2) is 16.8 Å². The maximum atomic E-state index is 13.9. The van der Waals surface area contributed by atoms with Gasteiger partial charge in [0.2, 0.25) is 5.82 Å². The Hall–Kier alpha value is -2.22. The number of nitrogens with zero attached hydrogens (tertiary/aromatic N) is 3. The van der Waals surface area contributed by atoms with E-state index in [1.165, 1.54) is 6.92 Å². The van der Waals surface area contributed by atoms with Crippen LogP contribution >= 0.6 is 11.6 Å². The number of nitro groups is 1. The van der Waals surface area contributed by atoms with E-state index >= 15 is 0 Å². The van der Waals surface area contributed by atoms with Gasteiger partial charge in [-0.25, -0.2) is 18.7 Å². The molecule has 0 aliphatic carbocycles. The molecule has 20 heavy (non-hydrogen) atoms. The number of hydrogen-bond donors (Lipinski definition) is 0. The van der Waals surface area contributed by atoms with E-state index in [1.54, 1.807) is 0 Å². The molecular weight excluding hydrogens is 299 g/mol. The Labute approximate surface area is 115 Å². The third-order valence-corrected chi connectivity index (χ3v) is 2.72. The number of halogens is 4. The van der Waals surface area contributed by atoms with Crippen LogP contribution in [0, 0.1) is 34.5 Å². The normalized spacial score (nSPS) is 10.7. The third kappa shape index (κ3) is 2.29. The fourth-order valence-corrected chi connectivity index (χ4v) is 1.74. The fourth-order valence-electron chi connectivity index (χ4n) is 1.52. The molecule has 9 heteroatoms. The first kappa shape index (κ1) is 14.2. The van der Waals surface area contributed by atoms with Crippen molar-refractivity contribution >= 4 is 17.3 Å². The van der Waals surface area contributed by atoms with Crippen LogP contribution in [0.3, 0.4) is 0 Å². The van der Waals surface area contributed by atoms with Crippen molar-refractivity contribution in [3.8, 4) is 11.4 Å². The molecule has 5 nitrogen and oxygen atoms in total. The second kappa shape index (κ2) is 5.04. The van der Waals surface area contributed by atoms with Crippen molar-refractivity contribution in [3.63, 3.8) is 0 Å². The summed E-state index contributed by atoms with van der Waals surface area (Å²) in [5.74, 6) is -4.05. The zero-order chi connectivity index (χ0) is 15.0. The zero-order valence-corrected chi connectivity index (χ0v) is 10.6. The van der Waals surface area contributed by atoms with Gasteiger partial charge in [0, 0.05) is 6.07 Å². The summed E-state index contributed by atoms with van der Waals surface area (Å²) in [6.07, 6.45) is 0. The first-order valence-electron chi connectivity index (χ1n) is 5.15. The van der Waals surface area contributed by atoms with Crippen LogP contribution in [-0.2, 0) is 0 Å². The Morgan fingerprint density at radius 2 is 1.85 bits per heavy atom. The summed E-state index contributed by atoms with van der Waals surface area (Å²) in [4.78, 5) is 16.6. The van der Waals surface area contributed by atoms with Crippen molar-refractivity contribution in [1.82, 2.24) is 9.97 Å². The lowest BCUT2D eigenvalue weighted by Gasteiger charge is -2.06. The number of hydrogen-bond acceptors (Lipinski definition) is 4. The number of aromatic nitrogens is 2. The average molecular weight is 304 g/mol. The molecule has 0 spiro atoms. The Morgan fingerprint density at radius 1 is 1.20 bits per heavy atom. The van der Waals surface area contributed by atoms with Gasteiger partial charge in [0.05, 0.1) is 16.2 Å². The molecule has 2 aromatic rings. The van der Waals surface area contributed by atoms with Gasteiger partial charge in [-0.3, -0.25) is 10.1 Å². The smallest absolute Gasteiger partial charge is 0.258 e. The minimum Gasteiger partial charge on any atom is -0.258 e. The van der Waals surface area contributed by atoms with Gasteiger partial charge in [-0.1, -0.05) is 11.6 Å². The monoisotopic (exact) mass is 303 g/mol. The highest BCUT2D eigenvalue weighted by Gasteiger charge is 2.25. The lowest BCUT2D eigenvalue weighted by Crippen LogP contribution is -2.03. The van der Waals surface area contributed by atoms with Crippen molar-refractivity contribution in [2.45, 2.75) is 6.92 Å². The highest BCUT2D eigenvalue weighted by atomic mass is 35.5. The van der Waals surface area contributed by atoms with Gasteiger partial charge < -0.3 is 0 Å². The van der Waals surface area contributed by atoms with Crippen LogP contribution in [0.25, 0.3) is 11.4 Å². The predicted octanol–water partition coefficient (Wildman–Crippen LogP) is 3.43. The number of rotatable bonds is 2. The van der Waals surface area contributed by atoms with Crippen LogP contribution in [0.4, 0.5) is 18.9 Å². The summed E-state index contributed by atoms with van der Waals surface area (Å²) in [7, 11) is 0. The molecule has 0 radical (unpaired) electrons. The van der Waals surface area contributed by atoms with E-state index in [1.807, 2.05) is 0 Å². The van der Waals surface area contributed by atoms with Gasteiger partial charge in [-0.15, -0.1) is 0 Å². The minimum absolute atomic E-state index is 0.231. The highest BCUT2D eigenvalue weighted by molar-refractivity contribution is 6.29. The van der Waals surface area contributed by atoms with Crippen LogP contribution in [0.15, 0.2) is 12.1 Å². The molecular formula is C11H5ClF3N3O2. The Balaban J connectivity index is 2.76. The molecule has 0 fully saturated rings. The Bertz CT molecular complexity index is 701. The summed E-state index contributed by atoms with van der Waals surface area (Å²) >= 11 is 5.47.